The molecule has 0 aliphatic carbocycles. The molecule has 6 nitrogen and oxygen atoms in total. The highest BCUT2D eigenvalue weighted by Crippen LogP contribution is 2.13. The number of tetrazole rings is 1. The smallest absolute Gasteiger partial charge is 0.435 e. The summed E-state index contributed by atoms with van der Waals surface area (Å²) in [7, 11) is 0. The van der Waals surface area contributed by atoms with Gasteiger partial charge in [0.2, 0.25) is 0 Å². The lowest BCUT2D eigenvalue weighted by atomic mass is 10.2. The van der Waals surface area contributed by atoms with Crippen molar-refractivity contribution in [1.82, 2.24) is 20.2 Å². The molecule has 1 heterocycles. The van der Waals surface area contributed by atoms with Crippen LogP contribution >= 0.6 is 0 Å². The number of benzene rings is 1. The first-order valence-electron chi connectivity index (χ1n) is 3.86. The summed E-state index contributed by atoms with van der Waals surface area (Å²) in [6.45, 7) is 0. The fourth-order valence-electron chi connectivity index (χ4n) is 1.08. The van der Waals surface area contributed by atoms with E-state index in [4.69, 9.17) is 5.11 Å². The summed E-state index contributed by atoms with van der Waals surface area (Å²) < 4.78 is 0.731. The number of aromatic nitrogens is 4. The normalized spacial score (nSPS) is 10.0. The molecule has 0 amide bonds. The Morgan fingerprint density at radius 2 is 2.00 bits per heavy atom. The number of carbonyl (C=O) groups is 1. The van der Waals surface area contributed by atoms with Crippen LogP contribution in [0.4, 0.5) is 4.79 Å². The summed E-state index contributed by atoms with van der Waals surface area (Å²) in [5.74, 6) is 0.220. The number of rotatable bonds is 1. The second-order valence-electron chi connectivity index (χ2n) is 2.56. The maximum absolute atomic E-state index is 10.7. The van der Waals surface area contributed by atoms with Gasteiger partial charge in [-0.05, 0) is 10.4 Å². The molecule has 0 unspecified atom stereocenters. The maximum atomic E-state index is 10.7. The van der Waals surface area contributed by atoms with Crippen LogP contribution in [0.1, 0.15) is 0 Å². The lowest BCUT2D eigenvalue weighted by Crippen LogP contribution is -2.11. The summed E-state index contributed by atoms with van der Waals surface area (Å²) >= 11 is 0. The third-order valence-corrected chi connectivity index (χ3v) is 1.68. The van der Waals surface area contributed by atoms with E-state index in [0.717, 1.165) is 4.68 Å². The third kappa shape index (κ3) is 1.33. The van der Waals surface area contributed by atoms with Crippen LogP contribution in [0.15, 0.2) is 30.3 Å². The highest BCUT2D eigenvalue weighted by atomic mass is 16.4. The standard InChI is InChI=1S/C8H6N4O2/c13-8(14)12-7(9-10-11-12)6-4-2-1-3-5-6/h1-5H,(H,13,14). The SMILES string of the molecule is O=C(O)n1nnnc1-c1ccccc1. The molecule has 0 spiro atoms. The predicted octanol–water partition coefficient (Wildman–Crippen LogP) is 0.866. The number of carboxylic acid groups (broad SMARTS) is 1. The van der Waals surface area contributed by atoms with Gasteiger partial charge in [0.1, 0.15) is 0 Å². The largest absolute Gasteiger partial charge is 0.463 e. The van der Waals surface area contributed by atoms with Crippen molar-refractivity contribution in [1.29, 1.82) is 0 Å². The van der Waals surface area contributed by atoms with Crippen LogP contribution in [-0.4, -0.2) is 31.4 Å². The summed E-state index contributed by atoms with van der Waals surface area (Å²) in [6.07, 6.45) is -1.20. The molecule has 0 fully saturated rings. The molecule has 0 atom stereocenters. The van der Waals surface area contributed by atoms with Crippen LogP contribution < -0.4 is 0 Å². The first kappa shape index (κ1) is 8.36. The Morgan fingerprint density at radius 1 is 1.29 bits per heavy atom. The summed E-state index contributed by atoms with van der Waals surface area (Å²) in [6, 6.07) is 8.89. The molecule has 0 bridgehead atoms. The highest BCUT2D eigenvalue weighted by molar-refractivity contribution is 5.73. The zero-order valence-corrected chi connectivity index (χ0v) is 7.03. The predicted molar refractivity (Wildman–Crippen MR) is 46.7 cm³/mol. The lowest BCUT2D eigenvalue weighted by Gasteiger charge is -1.97. The van der Waals surface area contributed by atoms with E-state index >= 15 is 0 Å². The van der Waals surface area contributed by atoms with Crippen LogP contribution in [0.5, 0.6) is 0 Å². The molecular weight excluding hydrogens is 184 g/mol. The Morgan fingerprint density at radius 3 is 2.64 bits per heavy atom. The lowest BCUT2D eigenvalue weighted by molar-refractivity contribution is 0.192. The first-order valence-corrected chi connectivity index (χ1v) is 3.86. The average molecular weight is 190 g/mol. The molecule has 6 heteroatoms. The molecule has 1 aromatic heterocycles. The van der Waals surface area contributed by atoms with Gasteiger partial charge >= 0.3 is 6.09 Å². The fraction of sp³-hybridized carbons (Fsp3) is 0. The minimum Gasteiger partial charge on any atom is -0.463 e. The van der Waals surface area contributed by atoms with E-state index in [9.17, 15) is 4.79 Å². The molecule has 0 aliphatic heterocycles. The second-order valence-corrected chi connectivity index (χ2v) is 2.56. The molecule has 2 rings (SSSR count). The van der Waals surface area contributed by atoms with Gasteiger partial charge in [0.05, 0.1) is 0 Å². The molecule has 2 aromatic rings. The van der Waals surface area contributed by atoms with E-state index in [0.29, 0.717) is 5.56 Å². The van der Waals surface area contributed by atoms with Crippen molar-refractivity contribution in [3.63, 3.8) is 0 Å². The van der Waals surface area contributed by atoms with Gasteiger partial charge in [0.15, 0.2) is 5.82 Å². The quantitative estimate of drug-likeness (QED) is 0.674. The minimum absolute atomic E-state index is 0.220. The molecule has 0 saturated heterocycles. The van der Waals surface area contributed by atoms with Crippen LogP contribution in [0.25, 0.3) is 11.4 Å². The van der Waals surface area contributed by atoms with Crippen molar-refractivity contribution in [2.75, 3.05) is 0 Å². The van der Waals surface area contributed by atoms with Crippen molar-refractivity contribution in [2.45, 2.75) is 0 Å². The number of hydrogen-bond acceptors (Lipinski definition) is 4. The highest BCUT2D eigenvalue weighted by Gasteiger charge is 2.12. The summed E-state index contributed by atoms with van der Waals surface area (Å²) in [4.78, 5) is 10.7. The summed E-state index contributed by atoms with van der Waals surface area (Å²) in [5.41, 5.74) is 0.667. The molecule has 1 aromatic carbocycles. The molecule has 0 aliphatic rings. The molecule has 0 radical (unpaired) electrons. The molecule has 70 valence electrons. The van der Waals surface area contributed by atoms with Crippen LogP contribution in [0, 0.1) is 0 Å². The van der Waals surface area contributed by atoms with E-state index in [-0.39, 0.29) is 5.82 Å². The summed E-state index contributed by atoms with van der Waals surface area (Å²) in [5, 5.41) is 19.0. The van der Waals surface area contributed by atoms with Crippen molar-refractivity contribution in [2.24, 2.45) is 0 Å². The van der Waals surface area contributed by atoms with Gasteiger partial charge in [-0.25, -0.2) is 4.79 Å². The second kappa shape index (κ2) is 3.25. The minimum atomic E-state index is -1.20. The van der Waals surface area contributed by atoms with Crippen LogP contribution in [0.2, 0.25) is 0 Å². The van der Waals surface area contributed by atoms with E-state index in [1.807, 2.05) is 6.07 Å². The Bertz CT molecular complexity index is 451. The molecule has 0 saturated carbocycles. The maximum Gasteiger partial charge on any atom is 0.435 e. The van der Waals surface area contributed by atoms with Crippen LogP contribution in [-0.2, 0) is 0 Å². The van der Waals surface area contributed by atoms with Gasteiger partial charge in [-0.1, -0.05) is 30.3 Å². The molecule has 14 heavy (non-hydrogen) atoms. The van der Waals surface area contributed by atoms with Crippen LogP contribution in [0.3, 0.4) is 0 Å². The number of nitrogens with zero attached hydrogens (tertiary/aromatic N) is 4. The zero-order valence-electron chi connectivity index (χ0n) is 7.03. The monoisotopic (exact) mass is 190 g/mol. The van der Waals surface area contributed by atoms with Crippen molar-refractivity contribution >= 4 is 6.09 Å². The Labute approximate surface area is 78.8 Å². The van der Waals surface area contributed by atoms with E-state index < -0.39 is 6.09 Å². The van der Waals surface area contributed by atoms with E-state index in [1.165, 1.54) is 0 Å². The van der Waals surface area contributed by atoms with E-state index in [1.54, 1.807) is 24.3 Å². The van der Waals surface area contributed by atoms with Crippen molar-refractivity contribution in [3.8, 4) is 11.4 Å². The van der Waals surface area contributed by atoms with E-state index in [2.05, 4.69) is 15.5 Å². The topological polar surface area (TPSA) is 80.9 Å². The number of hydrogen-bond donors (Lipinski definition) is 1. The van der Waals surface area contributed by atoms with Gasteiger partial charge in [0.25, 0.3) is 0 Å². The molecule has 1 N–H and O–H groups in total. The van der Waals surface area contributed by atoms with Gasteiger partial charge < -0.3 is 5.11 Å². The third-order valence-electron chi connectivity index (χ3n) is 1.68. The Hall–Kier alpha value is -2.24. The van der Waals surface area contributed by atoms with Gasteiger partial charge in [0, 0.05) is 5.56 Å². The fourth-order valence-corrected chi connectivity index (χ4v) is 1.08. The van der Waals surface area contributed by atoms with Gasteiger partial charge in [-0.15, -0.1) is 9.78 Å². The van der Waals surface area contributed by atoms with Gasteiger partial charge in [-0.2, -0.15) is 0 Å². The Balaban J connectivity index is 2.52. The van der Waals surface area contributed by atoms with Gasteiger partial charge in [-0.3, -0.25) is 0 Å². The first-order chi connectivity index (χ1) is 6.79. The zero-order chi connectivity index (χ0) is 9.97. The molecular formula is C8H6N4O2. The van der Waals surface area contributed by atoms with Crippen molar-refractivity contribution in [3.05, 3.63) is 30.3 Å². The average Bonchev–Trinajstić information content (AvgIpc) is 2.67. The van der Waals surface area contributed by atoms with Crippen molar-refractivity contribution < 1.29 is 9.90 Å². The Kier molecular flexibility index (Phi) is 1.94.